The second kappa shape index (κ2) is 7.57. The molecule has 0 aliphatic heterocycles. The van der Waals surface area contributed by atoms with Crippen LogP contribution in [0.3, 0.4) is 0 Å². The number of hydrogen-bond donors (Lipinski definition) is 1. The Labute approximate surface area is 140 Å². The van der Waals surface area contributed by atoms with Crippen LogP contribution in [0.4, 0.5) is 5.69 Å². The molecule has 0 bridgehead atoms. The van der Waals surface area contributed by atoms with Gasteiger partial charge in [-0.2, -0.15) is 0 Å². The first-order chi connectivity index (χ1) is 11.8. The molecule has 0 spiro atoms. The Hall–Kier alpha value is -2.92. The molecular formula is C19H18N2O3. The zero-order valence-corrected chi connectivity index (χ0v) is 13.4. The molecule has 1 N–H and O–H groups in total. The van der Waals surface area contributed by atoms with Crippen LogP contribution < -0.4 is 5.32 Å². The lowest BCUT2D eigenvalue weighted by molar-refractivity contribution is 0.0987. The number of para-hydroxylation sites is 1. The molecule has 5 nitrogen and oxygen atoms in total. The van der Waals surface area contributed by atoms with Crippen LogP contribution >= 0.6 is 0 Å². The maximum Gasteiger partial charge on any atom is 0.294 e. The molecule has 0 aliphatic rings. The van der Waals surface area contributed by atoms with Crippen molar-refractivity contribution in [3.8, 4) is 11.3 Å². The highest BCUT2D eigenvalue weighted by molar-refractivity contribution is 6.03. The predicted octanol–water partition coefficient (Wildman–Crippen LogP) is 4.13. The van der Waals surface area contributed by atoms with Crippen molar-refractivity contribution in [1.29, 1.82) is 0 Å². The molecular weight excluding hydrogens is 304 g/mol. The monoisotopic (exact) mass is 322 g/mol. The Morgan fingerprint density at radius 3 is 2.67 bits per heavy atom. The maximum atomic E-state index is 12.4. The molecule has 1 aromatic heterocycles. The van der Waals surface area contributed by atoms with E-state index in [4.69, 9.17) is 9.26 Å². The number of benzene rings is 2. The van der Waals surface area contributed by atoms with Gasteiger partial charge in [0.05, 0.1) is 6.61 Å². The lowest BCUT2D eigenvalue weighted by atomic mass is 10.1. The Morgan fingerprint density at radius 1 is 1.12 bits per heavy atom. The van der Waals surface area contributed by atoms with Crippen molar-refractivity contribution in [3.05, 3.63) is 72.0 Å². The van der Waals surface area contributed by atoms with Crippen LogP contribution in [0.5, 0.6) is 0 Å². The predicted molar refractivity (Wildman–Crippen MR) is 91.7 cm³/mol. The zero-order valence-electron chi connectivity index (χ0n) is 13.4. The van der Waals surface area contributed by atoms with Gasteiger partial charge in [0, 0.05) is 29.5 Å². The second-order valence-electron chi connectivity index (χ2n) is 5.19. The van der Waals surface area contributed by atoms with Crippen molar-refractivity contribution in [1.82, 2.24) is 5.16 Å². The molecule has 0 saturated carbocycles. The van der Waals surface area contributed by atoms with E-state index in [2.05, 4.69) is 10.5 Å². The first kappa shape index (κ1) is 16.0. The zero-order chi connectivity index (χ0) is 16.8. The Morgan fingerprint density at radius 2 is 1.88 bits per heavy atom. The van der Waals surface area contributed by atoms with E-state index in [1.54, 1.807) is 6.07 Å². The van der Waals surface area contributed by atoms with Gasteiger partial charge in [-0.3, -0.25) is 4.79 Å². The highest BCUT2D eigenvalue weighted by Gasteiger charge is 2.15. The number of nitrogens with one attached hydrogen (secondary N) is 1. The molecule has 0 saturated heterocycles. The number of carbonyl (C=O) groups is 1. The molecule has 0 aliphatic carbocycles. The standard InChI is InChI=1S/C19H18N2O3/c1-2-23-13-15-10-6-7-11-16(15)20-19(22)18-12-17(21-24-18)14-8-4-3-5-9-14/h3-12H,2,13H2,1H3,(H,20,22). The molecule has 0 atom stereocenters. The summed E-state index contributed by atoms with van der Waals surface area (Å²) in [5.74, 6) is -0.173. The van der Waals surface area contributed by atoms with Gasteiger partial charge in [-0.25, -0.2) is 0 Å². The van der Waals surface area contributed by atoms with Crippen molar-refractivity contribution < 1.29 is 14.1 Å². The van der Waals surface area contributed by atoms with Crippen molar-refractivity contribution >= 4 is 11.6 Å². The van der Waals surface area contributed by atoms with Gasteiger partial charge < -0.3 is 14.6 Å². The molecule has 3 rings (SSSR count). The van der Waals surface area contributed by atoms with Crippen LogP contribution in [0.2, 0.25) is 0 Å². The lowest BCUT2D eigenvalue weighted by Crippen LogP contribution is -2.12. The number of aromatic nitrogens is 1. The smallest absolute Gasteiger partial charge is 0.294 e. The minimum Gasteiger partial charge on any atom is -0.377 e. The van der Waals surface area contributed by atoms with Crippen molar-refractivity contribution in [3.63, 3.8) is 0 Å². The van der Waals surface area contributed by atoms with Crippen LogP contribution in [0.25, 0.3) is 11.3 Å². The summed E-state index contributed by atoms with van der Waals surface area (Å²) >= 11 is 0. The minimum atomic E-state index is -0.339. The molecule has 24 heavy (non-hydrogen) atoms. The number of ether oxygens (including phenoxy) is 1. The fourth-order valence-electron chi connectivity index (χ4n) is 2.29. The normalized spacial score (nSPS) is 10.5. The average Bonchev–Trinajstić information content (AvgIpc) is 3.12. The van der Waals surface area contributed by atoms with Gasteiger partial charge >= 0.3 is 0 Å². The SMILES string of the molecule is CCOCc1ccccc1NC(=O)c1cc(-c2ccccc2)no1. The van der Waals surface area contributed by atoms with E-state index in [-0.39, 0.29) is 11.7 Å². The number of amides is 1. The first-order valence-corrected chi connectivity index (χ1v) is 7.77. The van der Waals surface area contributed by atoms with Crippen LogP contribution in [-0.4, -0.2) is 17.7 Å². The Kier molecular flexibility index (Phi) is 5.03. The minimum absolute atomic E-state index is 0.167. The van der Waals surface area contributed by atoms with E-state index in [9.17, 15) is 4.79 Å². The molecule has 5 heteroatoms. The van der Waals surface area contributed by atoms with Crippen LogP contribution in [0.1, 0.15) is 23.0 Å². The van der Waals surface area contributed by atoms with E-state index >= 15 is 0 Å². The van der Waals surface area contributed by atoms with E-state index in [1.807, 2.05) is 61.5 Å². The summed E-state index contributed by atoms with van der Waals surface area (Å²) in [6.07, 6.45) is 0. The van der Waals surface area contributed by atoms with Crippen molar-refractivity contribution in [2.24, 2.45) is 0 Å². The van der Waals surface area contributed by atoms with Crippen molar-refractivity contribution in [2.75, 3.05) is 11.9 Å². The molecule has 0 fully saturated rings. The molecule has 1 heterocycles. The second-order valence-corrected chi connectivity index (χ2v) is 5.19. The van der Waals surface area contributed by atoms with Crippen LogP contribution in [0.15, 0.2) is 65.2 Å². The van der Waals surface area contributed by atoms with Gasteiger partial charge in [0.2, 0.25) is 5.76 Å². The summed E-state index contributed by atoms with van der Waals surface area (Å²) in [7, 11) is 0. The number of rotatable bonds is 6. The Balaban J connectivity index is 1.75. The quantitative estimate of drug-likeness (QED) is 0.741. The summed E-state index contributed by atoms with van der Waals surface area (Å²) in [6, 6.07) is 18.7. The van der Waals surface area contributed by atoms with Gasteiger partial charge in [-0.05, 0) is 13.0 Å². The van der Waals surface area contributed by atoms with Gasteiger partial charge in [0.1, 0.15) is 5.69 Å². The highest BCUT2D eigenvalue weighted by Crippen LogP contribution is 2.21. The van der Waals surface area contributed by atoms with Gasteiger partial charge in [-0.15, -0.1) is 0 Å². The lowest BCUT2D eigenvalue weighted by Gasteiger charge is -2.09. The number of hydrogen-bond acceptors (Lipinski definition) is 4. The van der Waals surface area contributed by atoms with Gasteiger partial charge in [0.25, 0.3) is 5.91 Å². The van der Waals surface area contributed by atoms with E-state index in [0.717, 1.165) is 11.1 Å². The fourth-order valence-corrected chi connectivity index (χ4v) is 2.29. The van der Waals surface area contributed by atoms with Gasteiger partial charge in [-0.1, -0.05) is 53.7 Å². The molecule has 3 aromatic rings. The number of anilines is 1. The first-order valence-electron chi connectivity index (χ1n) is 7.77. The average molecular weight is 322 g/mol. The van der Waals surface area contributed by atoms with E-state index < -0.39 is 0 Å². The molecule has 122 valence electrons. The summed E-state index contributed by atoms with van der Waals surface area (Å²) in [6.45, 7) is 2.99. The fraction of sp³-hybridized carbons (Fsp3) is 0.158. The molecule has 0 radical (unpaired) electrons. The maximum absolute atomic E-state index is 12.4. The molecule has 2 aromatic carbocycles. The summed E-state index contributed by atoms with van der Waals surface area (Å²) in [5.41, 5.74) is 3.14. The summed E-state index contributed by atoms with van der Waals surface area (Å²) in [5, 5.41) is 6.81. The third-order valence-corrected chi connectivity index (χ3v) is 3.53. The number of carbonyl (C=O) groups excluding carboxylic acids is 1. The number of nitrogens with zero attached hydrogens (tertiary/aromatic N) is 1. The van der Waals surface area contributed by atoms with E-state index in [1.165, 1.54) is 0 Å². The van der Waals surface area contributed by atoms with Crippen LogP contribution in [-0.2, 0) is 11.3 Å². The van der Waals surface area contributed by atoms with Crippen LogP contribution in [0, 0.1) is 0 Å². The third kappa shape index (κ3) is 3.70. The molecule has 1 amide bonds. The highest BCUT2D eigenvalue weighted by atomic mass is 16.5. The molecule has 0 unspecified atom stereocenters. The van der Waals surface area contributed by atoms with E-state index in [0.29, 0.717) is 24.6 Å². The topological polar surface area (TPSA) is 64.4 Å². The largest absolute Gasteiger partial charge is 0.377 e. The Bertz CT molecular complexity index is 812. The third-order valence-electron chi connectivity index (χ3n) is 3.53. The summed E-state index contributed by atoms with van der Waals surface area (Å²) in [4.78, 5) is 12.4. The summed E-state index contributed by atoms with van der Waals surface area (Å²) < 4.78 is 10.6. The van der Waals surface area contributed by atoms with Gasteiger partial charge in [0.15, 0.2) is 0 Å². The van der Waals surface area contributed by atoms with Crippen molar-refractivity contribution in [2.45, 2.75) is 13.5 Å².